The molecule has 0 bridgehead atoms. The Morgan fingerprint density at radius 2 is 1.92 bits per heavy atom. The van der Waals surface area contributed by atoms with Crippen molar-refractivity contribution in [2.24, 2.45) is 5.92 Å². The van der Waals surface area contributed by atoms with E-state index in [0.717, 1.165) is 11.3 Å². The normalized spacial score (nSPS) is 17.8. The van der Waals surface area contributed by atoms with Crippen molar-refractivity contribution in [1.29, 1.82) is 5.26 Å². The summed E-state index contributed by atoms with van der Waals surface area (Å²) in [6.07, 6.45) is 0.119. The Hall–Kier alpha value is -3.07. The lowest BCUT2D eigenvalue weighted by Crippen LogP contribution is -2.27. The number of hydrogen-bond acceptors (Lipinski definition) is 5. The summed E-state index contributed by atoms with van der Waals surface area (Å²) >= 11 is 0. The molecule has 0 spiro atoms. The van der Waals surface area contributed by atoms with Crippen LogP contribution in [-0.2, 0) is 9.59 Å². The van der Waals surface area contributed by atoms with E-state index in [-0.39, 0.29) is 18.1 Å². The summed E-state index contributed by atoms with van der Waals surface area (Å²) in [5.74, 6) is -1.32. The standard InChI is InChI=1S/C20H20N4O2/c1-12-4-6-16(7-5-12)24-11-15(9-19(24)25)20(26)17(10-21)18-8-13(2)22-14(3)23-18/h4-8,15,17H,9,11H2,1-3H3/t15-,17-/m0/s1. The summed E-state index contributed by atoms with van der Waals surface area (Å²) in [4.78, 5) is 35.4. The lowest BCUT2D eigenvalue weighted by Gasteiger charge is -2.17. The molecule has 1 aliphatic heterocycles. The zero-order valence-corrected chi connectivity index (χ0v) is 15.1. The highest BCUT2D eigenvalue weighted by molar-refractivity contribution is 6.02. The first-order valence-corrected chi connectivity index (χ1v) is 8.51. The number of anilines is 1. The van der Waals surface area contributed by atoms with Gasteiger partial charge in [0.15, 0.2) is 5.78 Å². The van der Waals surface area contributed by atoms with Crippen LogP contribution in [0.5, 0.6) is 0 Å². The van der Waals surface area contributed by atoms with Crippen LogP contribution in [0.3, 0.4) is 0 Å². The van der Waals surface area contributed by atoms with E-state index in [1.807, 2.05) is 31.2 Å². The molecule has 0 aliphatic carbocycles. The molecule has 132 valence electrons. The van der Waals surface area contributed by atoms with Gasteiger partial charge in [-0.25, -0.2) is 9.97 Å². The molecule has 1 aromatic heterocycles. The first kappa shape index (κ1) is 17.7. The SMILES string of the molecule is Cc1ccc(N2C[C@@H](C(=O)[C@@H](C#N)c3cc(C)nc(C)n3)CC2=O)cc1. The number of nitriles is 1. The van der Waals surface area contributed by atoms with E-state index in [4.69, 9.17) is 0 Å². The topological polar surface area (TPSA) is 86.9 Å². The van der Waals surface area contributed by atoms with Crippen LogP contribution < -0.4 is 4.90 Å². The van der Waals surface area contributed by atoms with Gasteiger partial charge in [-0.1, -0.05) is 17.7 Å². The largest absolute Gasteiger partial charge is 0.312 e. The van der Waals surface area contributed by atoms with Crippen molar-refractivity contribution in [3.05, 3.63) is 53.1 Å². The van der Waals surface area contributed by atoms with Crippen LogP contribution in [0.4, 0.5) is 5.69 Å². The van der Waals surface area contributed by atoms with Crippen molar-refractivity contribution in [3.8, 4) is 6.07 Å². The van der Waals surface area contributed by atoms with Gasteiger partial charge in [0.25, 0.3) is 0 Å². The van der Waals surface area contributed by atoms with Gasteiger partial charge in [-0.3, -0.25) is 9.59 Å². The maximum Gasteiger partial charge on any atom is 0.227 e. The number of nitrogens with zero attached hydrogens (tertiary/aromatic N) is 4. The maximum atomic E-state index is 12.9. The van der Waals surface area contributed by atoms with Gasteiger partial charge >= 0.3 is 0 Å². The van der Waals surface area contributed by atoms with Crippen molar-refractivity contribution in [3.63, 3.8) is 0 Å². The highest BCUT2D eigenvalue weighted by atomic mass is 16.2. The molecule has 0 saturated carbocycles. The second-order valence-electron chi connectivity index (χ2n) is 6.69. The molecule has 2 aromatic rings. The number of carbonyl (C=O) groups is 2. The van der Waals surface area contributed by atoms with Crippen LogP contribution in [-0.4, -0.2) is 28.2 Å². The Labute approximate surface area is 152 Å². The number of amides is 1. The lowest BCUT2D eigenvalue weighted by molar-refractivity contribution is -0.124. The minimum absolute atomic E-state index is 0.0982. The molecule has 1 amide bonds. The monoisotopic (exact) mass is 348 g/mol. The molecule has 3 rings (SSSR count). The van der Waals surface area contributed by atoms with Gasteiger partial charge < -0.3 is 4.90 Å². The minimum Gasteiger partial charge on any atom is -0.312 e. The summed E-state index contributed by atoms with van der Waals surface area (Å²) in [6, 6.07) is 11.3. The van der Waals surface area contributed by atoms with Gasteiger partial charge in [0, 0.05) is 30.3 Å². The van der Waals surface area contributed by atoms with Crippen molar-refractivity contribution >= 4 is 17.4 Å². The highest BCUT2D eigenvalue weighted by Gasteiger charge is 2.39. The summed E-state index contributed by atoms with van der Waals surface area (Å²) in [6.45, 7) is 5.80. The Kier molecular flexibility index (Phi) is 4.81. The molecular formula is C20H20N4O2. The number of carbonyl (C=O) groups excluding carboxylic acids is 2. The number of ketones is 1. The van der Waals surface area contributed by atoms with Crippen LogP contribution in [0.1, 0.15) is 35.1 Å². The van der Waals surface area contributed by atoms with E-state index in [1.54, 1.807) is 24.8 Å². The van der Waals surface area contributed by atoms with E-state index < -0.39 is 11.8 Å². The average molecular weight is 348 g/mol. The second-order valence-corrected chi connectivity index (χ2v) is 6.69. The van der Waals surface area contributed by atoms with Crippen LogP contribution in [0.15, 0.2) is 30.3 Å². The van der Waals surface area contributed by atoms with Crippen LogP contribution in [0, 0.1) is 38.0 Å². The quantitative estimate of drug-likeness (QED) is 0.848. The molecule has 26 heavy (non-hydrogen) atoms. The number of hydrogen-bond donors (Lipinski definition) is 0. The lowest BCUT2D eigenvalue weighted by atomic mass is 9.90. The first-order chi connectivity index (χ1) is 12.4. The van der Waals surface area contributed by atoms with Crippen molar-refractivity contribution in [2.75, 3.05) is 11.4 Å². The third-order valence-corrected chi connectivity index (χ3v) is 4.57. The van der Waals surface area contributed by atoms with Crippen molar-refractivity contribution in [2.45, 2.75) is 33.1 Å². The number of rotatable bonds is 4. The van der Waals surface area contributed by atoms with Gasteiger partial charge in [0.1, 0.15) is 11.7 Å². The third-order valence-electron chi connectivity index (χ3n) is 4.57. The molecule has 0 N–H and O–H groups in total. The Morgan fingerprint density at radius 1 is 1.23 bits per heavy atom. The fraction of sp³-hybridized carbons (Fsp3) is 0.350. The van der Waals surface area contributed by atoms with Crippen molar-refractivity contribution in [1.82, 2.24) is 9.97 Å². The molecule has 2 heterocycles. The molecule has 0 unspecified atom stereocenters. The Bertz CT molecular complexity index is 879. The molecular weight excluding hydrogens is 328 g/mol. The zero-order chi connectivity index (χ0) is 18.8. The van der Waals surface area contributed by atoms with E-state index in [2.05, 4.69) is 16.0 Å². The number of benzene rings is 1. The molecule has 6 heteroatoms. The molecule has 1 fully saturated rings. The number of aryl methyl sites for hydroxylation is 3. The van der Waals surface area contributed by atoms with Gasteiger partial charge in [-0.05, 0) is 39.0 Å². The van der Waals surface area contributed by atoms with E-state index in [0.29, 0.717) is 23.8 Å². The van der Waals surface area contributed by atoms with E-state index in [1.165, 1.54) is 0 Å². The first-order valence-electron chi connectivity index (χ1n) is 8.51. The van der Waals surface area contributed by atoms with Crippen molar-refractivity contribution < 1.29 is 9.59 Å². The predicted molar refractivity (Wildman–Crippen MR) is 96.5 cm³/mol. The van der Waals surface area contributed by atoms with Gasteiger partial charge in [-0.2, -0.15) is 5.26 Å². The molecule has 1 aliphatic rings. The van der Waals surface area contributed by atoms with Gasteiger partial charge in [-0.15, -0.1) is 0 Å². The fourth-order valence-corrected chi connectivity index (χ4v) is 3.28. The van der Waals surface area contributed by atoms with Crippen LogP contribution in [0.2, 0.25) is 0 Å². The number of Topliss-reactive ketones (excluding diaryl/α,β-unsaturated/α-hetero) is 1. The van der Waals surface area contributed by atoms with Crippen LogP contribution in [0.25, 0.3) is 0 Å². The Balaban J connectivity index is 1.82. The van der Waals surface area contributed by atoms with E-state index in [9.17, 15) is 14.9 Å². The van der Waals surface area contributed by atoms with E-state index >= 15 is 0 Å². The van der Waals surface area contributed by atoms with Gasteiger partial charge in [0.05, 0.1) is 11.8 Å². The second kappa shape index (κ2) is 7.04. The number of aromatic nitrogens is 2. The zero-order valence-electron chi connectivity index (χ0n) is 15.1. The Morgan fingerprint density at radius 3 is 2.54 bits per heavy atom. The maximum absolute atomic E-state index is 12.9. The summed E-state index contributed by atoms with van der Waals surface area (Å²) in [7, 11) is 0. The molecule has 6 nitrogen and oxygen atoms in total. The third kappa shape index (κ3) is 3.47. The predicted octanol–water partition coefficient (Wildman–Crippen LogP) is 2.63. The smallest absolute Gasteiger partial charge is 0.227 e. The summed E-state index contributed by atoms with van der Waals surface area (Å²) in [5.41, 5.74) is 3.00. The molecule has 1 saturated heterocycles. The molecule has 0 radical (unpaired) electrons. The molecule has 1 aromatic carbocycles. The fourth-order valence-electron chi connectivity index (χ4n) is 3.28. The summed E-state index contributed by atoms with van der Waals surface area (Å²) < 4.78 is 0. The van der Waals surface area contributed by atoms with Gasteiger partial charge in [0.2, 0.25) is 5.91 Å². The average Bonchev–Trinajstić information content (AvgIpc) is 2.97. The highest BCUT2D eigenvalue weighted by Crippen LogP contribution is 2.29. The summed E-state index contributed by atoms with van der Waals surface area (Å²) in [5, 5.41) is 9.54. The van der Waals surface area contributed by atoms with Crippen LogP contribution >= 0.6 is 0 Å². The minimum atomic E-state index is -0.980. The molecule has 2 atom stereocenters.